The highest BCUT2D eigenvalue weighted by Gasteiger charge is 2.38. The Bertz CT molecular complexity index is 630. The molecule has 0 aromatic carbocycles. The van der Waals surface area contributed by atoms with E-state index in [0.717, 1.165) is 11.1 Å². The number of rotatable bonds is 5. The predicted octanol–water partition coefficient (Wildman–Crippen LogP) is 0.790. The lowest BCUT2D eigenvalue weighted by Gasteiger charge is -2.21. The van der Waals surface area contributed by atoms with E-state index >= 15 is 0 Å². The fourth-order valence-corrected chi connectivity index (χ4v) is 2.99. The number of ether oxygens (including phenoxy) is 2. The largest absolute Gasteiger partial charge is 0.459 e. The molecule has 0 unspecified atom stereocenters. The van der Waals surface area contributed by atoms with Crippen LogP contribution in [-0.4, -0.2) is 58.8 Å². The Morgan fingerprint density at radius 1 is 1.38 bits per heavy atom. The molecule has 26 heavy (non-hydrogen) atoms. The number of esters is 2. The molecule has 3 N–H and O–H groups in total. The number of fused-ring (bicyclic) bond motifs is 1. The van der Waals surface area contributed by atoms with E-state index < -0.39 is 24.1 Å². The first-order valence-electron chi connectivity index (χ1n) is 8.65. The number of aliphatic hydroxyl groups excluding tert-OH is 2. The second kappa shape index (κ2) is 8.62. The quantitative estimate of drug-likeness (QED) is 0.374. The van der Waals surface area contributed by atoms with Gasteiger partial charge in [-0.05, 0) is 37.3 Å². The minimum atomic E-state index is -1.94. The lowest BCUT2D eigenvalue weighted by molar-refractivity contribution is -0.166. The molecule has 3 atom stereocenters. The predicted molar refractivity (Wildman–Crippen MR) is 92.9 cm³/mol. The minimum Gasteiger partial charge on any atom is -0.459 e. The van der Waals surface area contributed by atoms with Crippen molar-refractivity contribution in [3.8, 4) is 0 Å². The van der Waals surface area contributed by atoms with Crippen LogP contribution in [0.15, 0.2) is 35.5 Å². The summed E-state index contributed by atoms with van der Waals surface area (Å²) in [6.45, 7) is 4.14. The molecule has 1 saturated heterocycles. The van der Waals surface area contributed by atoms with Gasteiger partial charge in [-0.1, -0.05) is 18.7 Å². The molecule has 7 nitrogen and oxygen atoms in total. The maximum atomic E-state index is 11.8. The molecule has 0 saturated carbocycles. The van der Waals surface area contributed by atoms with E-state index in [-0.39, 0.29) is 25.2 Å². The van der Waals surface area contributed by atoms with Crippen LogP contribution in [0.2, 0.25) is 0 Å². The van der Waals surface area contributed by atoms with E-state index in [2.05, 4.69) is 6.58 Å². The molecule has 0 aromatic rings. The third kappa shape index (κ3) is 4.81. The van der Waals surface area contributed by atoms with Crippen molar-refractivity contribution in [2.24, 2.45) is 5.92 Å². The Morgan fingerprint density at radius 3 is 2.77 bits per heavy atom. The number of aliphatic hydroxyl groups is 3. The van der Waals surface area contributed by atoms with Gasteiger partial charge < -0.3 is 24.8 Å². The first-order chi connectivity index (χ1) is 12.3. The number of carbonyl (C=O) groups excluding carboxylic acids is 2. The van der Waals surface area contributed by atoms with Crippen molar-refractivity contribution in [3.05, 3.63) is 35.5 Å². The first kappa shape index (κ1) is 20.4. The van der Waals surface area contributed by atoms with Gasteiger partial charge in [0.2, 0.25) is 0 Å². The molecule has 2 aliphatic rings. The number of hydrogen-bond acceptors (Lipinski definition) is 7. The van der Waals surface area contributed by atoms with Crippen LogP contribution in [0.25, 0.3) is 0 Å². The van der Waals surface area contributed by atoms with Crippen molar-refractivity contribution >= 4 is 11.9 Å². The third-order valence-corrected chi connectivity index (χ3v) is 4.78. The van der Waals surface area contributed by atoms with E-state index in [1.54, 1.807) is 0 Å². The summed E-state index contributed by atoms with van der Waals surface area (Å²) in [7, 11) is 0. The Morgan fingerprint density at radius 2 is 2.12 bits per heavy atom. The van der Waals surface area contributed by atoms with Crippen molar-refractivity contribution in [2.75, 3.05) is 19.8 Å². The van der Waals surface area contributed by atoms with E-state index in [1.165, 1.54) is 6.92 Å². The molecule has 1 heterocycles. The number of carbonyl (C=O) groups is 2. The SMILES string of the molecule is C=C1C(=O)O[C@H]2C/C(CO)=C\CC/C(COC(=O)[C@@](C)(O)CO)=C/C[C@@H]12. The molecule has 0 bridgehead atoms. The van der Waals surface area contributed by atoms with Crippen LogP contribution in [0.5, 0.6) is 0 Å². The molecule has 144 valence electrons. The van der Waals surface area contributed by atoms with Crippen LogP contribution in [0.4, 0.5) is 0 Å². The zero-order valence-electron chi connectivity index (χ0n) is 14.9. The zero-order valence-corrected chi connectivity index (χ0v) is 14.9. The van der Waals surface area contributed by atoms with Gasteiger partial charge in [-0.3, -0.25) is 0 Å². The van der Waals surface area contributed by atoms with Crippen LogP contribution in [0.1, 0.15) is 32.6 Å². The second-order valence-corrected chi connectivity index (χ2v) is 6.94. The topological polar surface area (TPSA) is 113 Å². The molecule has 1 aliphatic carbocycles. The van der Waals surface area contributed by atoms with E-state index in [1.807, 2.05) is 12.2 Å². The molecule has 0 radical (unpaired) electrons. The second-order valence-electron chi connectivity index (χ2n) is 6.94. The van der Waals surface area contributed by atoms with Gasteiger partial charge in [-0.15, -0.1) is 0 Å². The molecule has 7 heteroatoms. The van der Waals surface area contributed by atoms with E-state index in [9.17, 15) is 19.8 Å². The lowest BCUT2D eigenvalue weighted by atomic mass is 9.87. The number of hydrogen-bond donors (Lipinski definition) is 3. The molecule has 0 spiro atoms. The summed E-state index contributed by atoms with van der Waals surface area (Å²) in [5.41, 5.74) is 0.0899. The molecule has 2 rings (SSSR count). The highest BCUT2D eigenvalue weighted by molar-refractivity contribution is 5.90. The van der Waals surface area contributed by atoms with Crippen molar-refractivity contribution in [1.29, 1.82) is 0 Å². The van der Waals surface area contributed by atoms with Gasteiger partial charge in [0.25, 0.3) is 0 Å². The summed E-state index contributed by atoms with van der Waals surface area (Å²) < 4.78 is 10.5. The van der Waals surface area contributed by atoms with Gasteiger partial charge in [0.05, 0.1) is 13.2 Å². The van der Waals surface area contributed by atoms with Crippen molar-refractivity contribution < 1.29 is 34.4 Å². The molecule has 1 aliphatic heterocycles. The third-order valence-electron chi connectivity index (χ3n) is 4.78. The van der Waals surface area contributed by atoms with Gasteiger partial charge in [0.1, 0.15) is 12.7 Å². The van der Waals surface area contributed by atoms with E-state index in [4.69, 9.17) is 14.6 Å². The summed E-state index contributed by atoms with van der Waals surface area (Å²) in [6.07, 6.45) is 5.68. The van der Waals surface area contributed by atoms with E-state index in [0.29, 0.717) is 31.3 Å². The molecule has 0 aromatic heterocycles. The van der Waals surface area contributed by atoms with Crippen LogP contribution in [0.3, 0.4) is 0 Å². The summed E-state index contributed by atoms with van der Waals surface area (Å²) in [4.78, 5) is 23.6. The highest BCUT2D eigenvalue weighted by atomic mass is 16.6. The maximum Gasteiger partial charge on any atom is 0.340 e. The van der Waals surface area contributed by atoms with Crippen molar-refractivity contribution in [1.82, 2.24) is 0 Å². The average Bonchev–Trinajstić information content (AvgIpc) is 2.89. The van der Waals surface area contributed by atoms with Gasteiger partial charge in [0, 0.05) is 17.9 Å². The summed E-state index contributed by atoms with van der Waals surface area (Å²) in [5.74, 6) is -1.51. The summed E-state index contributed by atoms with van der Waals surface area (Å²) in [6, 6.07) is 0. The van der Waals surface area contributed by atoms with Gasteiger partial charge in [-0.25, -0.2) is 9.59 Å². The highest BCUT2D eigenvalue weighted by Crippen LogP contribution is 2.34. The van der Waals surface area contributed by atoms with Gasteiger partial charge >= 0.3 is 11.9 Å². The van der Waals surface area contributed by atoms with Crippen molar-refractivity contribution in [2.45, 2.75) is 44.3 Å². The summed E-state index contributed by atoms with van der Waals surface area (Å²) in [5, 5.41) is 28.2. The normalized spacial score (nSPS) is 30.2. The van der Waals surface area contributed by atoms with Crippen LogP contribution < -0.4 is 0 Å². The molecular weight excluding hydrogens is 340 g/mol. The summed E-state index contributed by atoms with van der Waals surface area (Å²) >= 11 is 0. The fourth-order valence-electron chi connectivity index (χ4n) is 2.99. The number of allylic oxidation sites excluding steroid dienone is 2. The van der Waals surface area contributed by atoms with Crippen LogP contribution >= 0.6 is 0 Å². The van der Waals surface area contributed by atoms with Crippen molar-refractivity contribution in [3.63, 3.8) is 0 Å². The average molecular weight is 366 g/mol. The van der Waals surface area contributed by atoms with Gasteiger partial charge in [0.15, 0.2) is 5.60 Å². The lowest BCUT2D eigenvalue weighted by Crippen LogP contribution is -2.40. The van der Waals surface area contributed by atoms with Gasteiger partial charge in [-0.2, -0.15) is 0 Å². The van der Waals surface area contributed by atoms with Crippen LogP contribution in [0, 0.1) is 5.92 Å². The maximum absolute atomic E-state index is 11.8. The monoisotopic (exact) mass is 366 g/mol. The minimum absolute atomic E-state index is 0.0179. The Hall–Kier alpha value is -1.96. The smallest absolute Gasteiger partial charge is 0.340 e. The van der Waals surface area contributed by atoms with Crippen LogP contribution in [-0.2, 0) is 19.1 Å². The molecule has 0 amide bonds. The Kier molecular flexibility index (Phi) is 6.75. The Balaban J connectivity index is 2.12. The first-order valence-corrected chi connectivity index (χ1v) is 8.65. The molecule has 1 fully saturated rings. The molecular formula is C19H26O7. The Labute approximate surface area is 152 Å². The standard InChI is InChI=1S/C19H26O7/c1-12-15-7-6-13(10-25-18(23)19(2,24)11-21)4-3-5-14(9-20)8-16(15)26-17(12)22/h5-6,15-16,20-21,24H,1,3-4,7-11H2,2H3/b13-6-,14-5+/t15-,16-,19-/m0/s1. The zero-order chi connectivity index (χ0) is 19.3. The fraction of sp³-hybridized carbons (Fsp3) is 0.579.